The summed E-state index contributed by atoms with van der Waals surface area (Å²) >= 11 is 0. The van der Waals surface area contributed by atoms with Crippen LogP contribution in [0.25, 0.3) is 0 Å². The third kappa shape index (κ3) is 4.83. The summed E-state index contributed by atoms with van der Waals surface area (Å²) in [7, 11) is 1.79. The third-order valence-electron chi connectivity index (χ3n) is 5.23. The summed E-state index contributed by atoms with van der Waals surface area (Å²) in [5, 5.41) is 10.1. The van der Waals surface area contributed by atoms with E-state index in [9.17, 15) is 14.4 Å². The molecule has 1 aromatic heterocycles. The van der Waals surface area contributed by atoms with Crippen molar-refractivity contribution < 1.29 is 14.4 Å². The molecule has 3 amide bonds. The van der Waals surface area contributed by atoms with Crippen LogP contribution in [0, 0.1) is 5.92 Å². The van der Waals surface area contributed by atoms with Crippen LogP contribution in [-0.4, -0.2) is 58.1 Å². The number of carbonyl (C=O) groups is 3. The molecule has 1 aromatic rings. The number of nitrogens with one attached hydrogen (secondary N) is 2. The molecular weight excluding hydrogens is 334 g/mol. The largest absolute Gasteiger partial charge is 0.356 e. The predicted molar refractivity (Wildman–Crippen MR) is 95.2 cm³/mol. The van der Waals surface area contributed by atoms with Gasteiger partial charge in [-0.3, -0.25) is 19.1 Å². The highest BCUT2D eigenvalue weighted by atomic mass is 16.2. The summed E-state index contributed by atoms with van der Waals surface area (Å²) in [4.78, 5) is 37.5. The van der Waals surface area contributed by atoms with Gasteiger partial charge in [0.05, 0.1) is 0 Å². The molecule has 2 saturated heterocycles. The molecule has 2 aliphatic rings. The summed E-state index contributed by atoms with van der Waals surface area (Å²) in [6.45, 7) is 1.95. The van der Waals surface area contributed by atoms with Crippen molar-refractivity contribution in [3.05, 3.63) is 18.0 Å². The van der Waals surface area contributed by atoms with E-state index in [-0.39, 0.29) is 23.8 Å². The maximum atomic E-state index is 12.4. The van der Waals surface area contributed by atoms with Gasteiger partial charge in [0.1, 0.15) is 5.69 Å². The number of aryl methyl sites for hydroxylation is 1. The van der Waals surface area contributed by atoms with Gasteiger partial charge in [0, 0.05) is 51.8 Å². The number of nitrogens with zero attached hydrogens (tertiary/aromatic N) is 3. The van der Waals surface area contributed by atoms with Crippen molar-refractivity contribution in [1.82, 2.24) is 25.3 Å². The minimum absolute atomic E-state index is 0.0466. The number of rotatable bonds is 5. The lowest BCUT2D eigenvalue weighted by Crippen LogP contribution is -2.46. The maximum Gasteiger partial charge on any atom is 0.274 e. The van der Waals surface area contributed by atoms with E-state index in [1.807, 2.05) is 0 Å². The molecule has 8 heteroatoms. The van der Waals surface area contributed by atoms with Crippen LogP contribution in [0.2, 0.25) is 0 Å². The Balaban J connectivity index is 1.36. The Hall–Kier alpha value is -2.38. The van der Waals surface area contributed by atoms with E-state index < -0.39 is 0 Å². The van der Waals surface area contributed by atoms with Crippen molar-refractivity contribution in [3.8, 4) is 0 Å². The van der Waals surface area contributed by atoms with Crippen molar-refractivity contribution in [3.63, 3.8) is 0 Å². The van der Waals surface area contributed by atoms with Crippen molar-refractivity contribution in [2.24, 2.45) is 13.0 Å². The van der Waals surface area contributed by atoms with Crippen LogP contribution in [0.5, 0.6) is 0 Å². The highest BCUT2D eigenvalue weighted by Crippen LogP contribution is 2.17. The van der Waals surface area contributed by atoms with Gasteiger partial charge in [0.15, 0.2) is 0 Å². The Morgan fingerprint density at radius 3 is 2.69 bits per heavy atom. The van der Waals surface area contributed by atoms with E-state index in [0.717, 1.165) is 25.7 Å². The number of aromatic nitrogens is 2. The van der Waals surface area contributed by atoms with E-state index in [1.165, 1.54) is 0 Å². The minimum Gasteiger partial charge on any atom is -0.356 e. The number of hydrogen-bond donors (Lipinski definition) is 2. The van der Waals surface area contributed by atoms with Gasteiger partial charge in [-0.1, -0.05) is 0 Å². The molecule has 0 aliphatic carbocycles. The molecule has 2 aliphatic heterocycles. The number of likely N-dealkylation sites (tertiary alicyclic amines) is 1. The molecule has 0 aromatic carbocycles. The molecule has 3 rings (SSSR count). The average Bonchev–Trinajstić information content (AvgIpc) is 3.08. The highest BCUT2D eigenvalue weighted by Gasteiger charge is 2.26. The second-order valence-corrected chi connectivity index (χ2v) is 7.26. The van der Waals surface area contributed by atoms with Crippen LogP contribution < -0.4 is 10.6 Å². The molecule has 8 nitrogen and oxygen atoms in total. The molecule has 0 radical (unpaired) electrons. The van der Waals surface area contributed by atoms with Crippen molar-refractivity contribution in [1.29, 1.82) is 0 Å². The Morgan fingerprint density at radius 2 is 2.08 bits per heavy atom. The topological polar surface area (TPSA) is 96.3 Å². The van der Waals surface area contributed by atoms with Crippen LogP contribution in [0.1, 0.15) is 49.0 Å². The molecule has 0 bridgehead atoms. The molecule has 2 fully saturated rings. The first-order valence-corrected chi connectivity index (χ1v) is 9.36. The molecule has 1 atom stereocenters. The third-order valence-corrected chi connectivity index (χ3v) is 5.23. The molecule has 142 valence electrons. The fourth-order valence-electron chi connectivity index (χ4n) is 3.58. The fourth-order valence-corrected chi connectivity index (χ4v) is 3.58. The lowest BCUT2D eigenvalue weighted by Gasteiger charge is -2.32. The number of carbonyl (C=O) groups excluding carboxylic acids is 3. The van der Waals surface area contributed by atoms with E-state index in [2.05, 4.69) is 15.7 Å². The Kier molecular flexibility index (Phi) is 5.90. The summed E-state index contributed by atoms with van der Waals surface area (Å²) in [5.74, 6) is 0.528. The molecule has 1 unspecified atom stereocenters. The van der Waals surface area contributed by atoms with E-state index in [0.29, 0.717) is 44.1 Å². The zero-order chi connectivity index (χ0) is 18.5. The first kappa shape index (κ1) is 18.4. The van der Waals surface area contributed by atoms with Gasteiger partial charge in [0.25, 0.3) is 5.91 Å². The molecular formula is C18H27N5O3. The smallest absolute Gasteiger partial charge is 0.274 e. The summed E-state index contributed by atoms with van der Waals surface area (Å²) in [5.41, 5.74) is 0.467. The predicted octanol–water partition coefficient (Wildman–Crippen LogP) is 0.447. The summed E-state index contributed by atoms with van der Waals surface area (Å²) < 4.78 is 1.62. The summed E-state index contributed by atoms with van der Waals surface area (Å²) in [6, 6.07) is 1.85. The molecule has 26 heavy (non-hydrogen) atoms. The summed E-state index contributed by atoms with van der Waals surface area (Å²) in [6.07, 6.45) is 6.03. The van der Waals surface area contributed by atoms with Crippen molar-refractivity contribution in [2.75, 3.05) is 19.6 Å². The highest BCUT2D eigenvalue weighted by molar-refractivity contribution is 5.92. The van der Waals surface area contributed by atoms with Gasteiger partial charge < -0.3 is 15.5 Å². The van der Waals surface area contributed by atoms with Gasteiger partial charge in [-0.05, 0) is 37.7 Å². The minimum atomic E-state index is -0.0466. The average molecular weight is 361 g/mol. The quantitative estimate of drug-likeness (QED) is 0.796. The lowest BCUT2D eigenvalue weighted by atomic mass is 9.94. The number of amides is 3. The number of piperidine rings is 2. The van der Waals surface area contributed by atoms with Gasteiger partial charge in [-0.15, -0.1) is 0 Å². The monoisotopic (exact) mass is 361 g/mol. The maximum absolute atomic E-state index is 12.4. The zero-order valence-electron chi connectivity index (χ0n) is 15.2. The normalized spacial score (nSPS) is 21.3. The molecule has 3 heterocycles. The van der Waals surface area contributed by atoms with Crippen LogP contribution >= 0.6 is 0 Å². The van der Waals surface area contributed by atoms with E-state index in [1.54, 1.807) is 28.9 Å². The molecule has 0 saturated carbocycles. The van der Waals surface area contributed by atoms with Crippen molar-refractivity contribution in [2.45, 2.75) is 44.6 Å². The second-order valence-electron chi connectivity index (χ2n) is 7.26. The Morgan fingerprint density at radius 1 is 1.31 bits per heavy atom. The van der Waals surface area contributed by atoms with Gasteiger partial charge in [-0.2, -0.15) is 5.10 Å². The Bertz CT molecular complexity index is 654. The Labute approximate surface area is 153 Å². The zero-order valence-corrected chi connectivity index (χ0v) is 15.2. The molecule has 0 spiro atoms. The molecule has 2 N–H and O–H groups in total. The van der Waals surface area contributed by atoms with Gasteiger partial charge in [-0.25, -0.2) is 0 Å². The van der Waals surface area contributed by atoms with Crippen LogP contribution in [0.3, 0.4) is 0 Å². The first-order chi connectivity index (χ1) is 12.5. The van der Waals surface area contributed by atoms with Crippen LogP contribution in [0.4, 0.5) is 0 Å². The lowest BCUT2D eigenvalue weighted by molar-refractivity contribution is -0.123. The van der Waals surface area contributed by atoms with Crippen molar-refractivity contribution >= 4 is 17.7 Å². The van der Waals surface area contributed by atoms with Gasteiger partial charge >= 0.3 is 0 Å². The van der Waals surface area contributed by atoms with Gasteiger partial charge in [0.2, 0.25) is 11.8 Å². The second kappa shape index (κ2) is 8.33. The first-order valence-electron chi connectivity index (χ1n) is 9.36. The van der Waals surface area contributed by atoms with E-state index >= 15 is 0 Å². The SMILES string of the molecule is Cn1ccc(C(=O)N2CCC(NC(=O)CCC3CCC(=O)NC3)CC2)n1. The van der Waals surface area contributed by atoms with Crippen LogP contribution in [-0.2, 0) is 16.6 Å². The van der Waals surface area contributed by atoms with Crippen LogP contribution in [0.15, 0.2) is 12.3 Å². The van der Waals surface area contributed by atoms with E-state index in [4.69, 9.17) is 0 Å². The number of hydrogen-bond acceptors (Lipinski definition) is 4. The fraction of sp³-hybridized carbons (Fsp3) is 0.667. The standard InChI is InChI=1S/C18H27N5O3/c1-22-9-8-15(21-22)18(26)23-10-6-14(7-11-23)20-17(25)5-3-13-2-4-16(24)19-12-13/h8-9,13-14H,2-7,10-12H2,1H3,(H,19,24)(H,20,25).